The van der Waals surface area contributed by atoms with Gasteiger partial charge in [-0.15, -0.1) is 11.3 Å². The van der Waals surface area contributed by atoms with E-state index in [0.717, 1.165) is 44.1 Å². The van der Waals surface area contributed by atoms with Gasteiger partial charge in [0, 0.05) is 15.7 Å². The van der Waals surface area contributed by atoms with Gasteiger partial charge in [-0.25, -0.2) is 0 Å². The normalized spacial score (nSPS) is 48.0. The number of aliphatic carboxylic acids is 1. The minimum absolute atomic E-state index is 0.0522. The van der Waals surface area contributed by atoms with Crippen LogP contribution in [0.15, 0.2) is 29.4 Å². The van der Waals surface area contributed by atoms with Crippen molar-refractivity contribution in [2.45, 2.75) is 113 Å². The molecule has 0 unspecified atom stereocenters. The van der Waals surface area contributed by atoms with Crippen molar-refractivity contribution >= 4 is 29.2 Å². The summed E-state index contributed by atoms with van der Waals surface area (Å²) in [5.41, 5.74) is 0.676. The lowest BCUT2D eigenvalue weighted by molar-refractivity contribution is -0.191. The Morgan fingerprint density at radius 2 is 1.68 bits per heavy atom. The highest BCUT2D eigenvalue weighted by atomic mass is 32.1. The number of rotatable bonds is 2. The topological polar surface area (TPSA) is 74.6 Å². The number of carbonyl (C=O) groups is 2. The highest BCUT2D eigenvalue weighted by molar-refractivity contribution is 7.12. The van der Waals surface area contributed by atoms with Crippen LogP contribution < -0.4 is 0 Å². The van der Waals surface area contributed by atoms with Crippen LogP contribution in [-0.4, -0.2) is 28.1 Å². The Morgan fingerprint density at radius 3 is 2.32 bits per heavy atom. The largest absolute Gasteiger partial charge is 0.481 e. The summed E-state index contributed by atoms with van der Waals surface area (Å²) in [7, 11) is 0. The van der Waals surface area contributed by atoms with E-state index >= 15 is 0 Å². The standard InChI is InChI=1S/C36H50O4S/c1-21-9-10-23(41-21)17-22-19-34(6)27(31(2,3)29(22)38)11-12-36(8)28(34)26(37)18-24-25-20-33(5,30(39)40)14-13-32(25,4)15-16-35(24,36)7/h9-10,17-18,25,27-29,38H,11-16,19-20H2,1-8H3,(H,39,40)/b22-17+/t25-,27-,28+,29-,32+,33-,34-,35+,36+/m0/s1. The van der Waals surface area contributed by atoms with E-state index in [1.165, 1.54) is 15.3 Å². The van der Waals surface area contributed by atoms with Crippen LogP contribution in [0.25, 0.3) is 6.08 Å². The van der Waals surface area contributed by atoms with Crippen molar-refractivity contribution in [3.8, 4) is 0 Å². The zero-order chi connectivity index (χ0) is 30.0. The molecule has 4 fully saturated rings. The van der Waals surface area contributed by atoms with Gasteiger partial charge in [-0.3, -0.25) is 9.59 Å². The Labute approximate surface area is 250 Å². The van der Waals surface area contributed by atoms with Crippen molar-refractivity contribution < 1.29 is 19.8 Å². The second kappa shape index (κ2) is 8.91. The molecule has 0 bridgehead atoms. The lowest BCUT2D eigenvalue weighted by atomic mass is 9.33. The van der Waals surface area contributed by atoms with Crippen molar-refractivity contribution in [2.24, 2.45) is 50.2 Å². The van der Waals surface area contributed by atoms with Gasteiger partial charge in [-0.05, 0) is 134 Å². The van der Waals surface area contributed by atoms with Gasteiger partial charge >= 0.3 is 5.97 Å². The van der Waals surface area contributed by atoms with Crippen LogP contribution in [-0.2, 0) is 9.59 Å². The van der Waals surface area contributed by atoms with Crippen LogP contribution in [0.4, 0.5) is 0 Å². The maximum absolute atomic E-state index is 14.7. The molecule has 5 heteroatoms. The van der Waals surface area contributed by atoms with Crippen molar-refractivity contribution in [1.82, 2.24) is 0 Å². The molecule has 0 aromatic carbocycles. The Bertz CT molecular complexity index is 1370. The first-order valence-corrected chi connectivity index (χ1v) is 16.7. The van der Waals surface area contributed by atoms with E-state index in [4.69, 9.17) is 0 Å². The third-order valence-electron chi connectivity index (χ3n) is 14.0. The Morgan fingerprint density at radius 1 is 1.00 bits per heavy atom. The maximum atomic E-state index is 14.7. The molecule has 0 aliphatic heterocycles. The predicted molar refractivity (Wildman–Crippen MR) is 165 cm³/mol. The minimum atomic E-state index is -0.739. The molecule has 4 saturated carbocycles. The van der Waals surface area contributed by atoms with E-state index in [1.807, 2.05) is 13.0 Å². The van der Waals surface area contributed by atoms with E-state index in [-0.39, 0.29) is 50.6 Å². The van der Waals surface area contributed by atoms with Crippen LogP contribution in [0.3, 0.4) is 0 Å². The molecule has 0 amide bonds. The van der Waals surface area contributed by atoms with E-state index in [2.05, 4.69) is 66.7 Å². The molecule has 6 rings (SSSR count). The molecule has 0 spiro atoms. The quantitative estimate of drug-likeness (QED) is 0.369. The fourth-order valence-corrected chi connectivity index (χ4v) is 12.1. The number of thiophene rings is 1. The SMILES string of the molecule is Cc1ccc(/C=C2\C[C@]3(C)[C@H]4C(=O)C=C5[C@@H]6C[C@@](C)(C(=O)O)CC[C@]6(C)CC[C@@]5(C)[C@]4(C)CC[C@H]3C(C)(C)[C@H]2O)s1. The molecule has 1 aromatic rings. The summed E-state index contributed by atoms with van der Waals surface area (Å²) in [6.45, 7) is 18.0. The second-order valence-electron chi connectivity index (χ2n) is 16.6. The fraction of sp³-hybridized carbons (Fsp3) is 0.722. The van der Waals surface area contributed by atoms with Gasteiger partial charge in [0.05, 0.1) is 11.5 Å². The lowest BCUT2D eigenvalue weighted by Crippen LogP contribution is -2.67. The van der Waals surface area contributed by atoms with Gasteiger partial charge in [0.25, 0.3) is 0 Å². The molecule has 1 heterocycles. The van der Waals surface area contributed by atoms with E-state index in [0.29, 0.717) is 12.8 Å². The molecular formula is C36H50O4S. The summed E-state index contributed by atoms with van der Waals surface area (Å²) in [5, 5.41) is 21.9. The summed E-state index contributed by atoms with van der Waals surface area (Å²) in [6.07, 6.45) is 10.8. The summed E-state index contributed by atoms with van der Waals surface area (Å²) in [5.74, 6) is -0.203. The third kappa shape index (κ3) is 3.86. The number of carboxylic acid groups (broad SMARTS) is 1. The molecule has 5 aliphatic rings. The molecule has 4 nitrogen and oxygen atoms in total. The van der Waals surface area contributed by atoms with Crippen molar-refractivity contribution in [3.05, 3.63) is 39.1 Å². The molecule has 1 aromatic heterocycles. The fourth-order valence-electron chi connectivity index (χ4n) is 11.3. The molecule has 5 aliphatic carbocycles. The summed E-state index contributed by atoms with van der Waals surface area (Å²) in [6, 6.07) is 4.27. The van der Waals surface area contributed by atoms with Gasteiger partial charge in [0.1, 0.15) is 0 Å². The first kappa shape index (κ1) is 29.4. The first-order valence-electron chi connectivity index (χ1n) is 15.9. The number of fused-ring (bicyclic) bond motifs is 7. The number of carboxylic acids is 1. The van der Waals surface area contributed by atoms with Gasteiger partial charge in [0.2, 0.25) is 0 Å². The molecule has 41 heavy (non-hydrogen) atoms. The number of aliphatic hydroxyl groups excluding tert-OH is 1. The smallest absolute Gasteiger partial charge is 0.309 e. The number of hydrogen-bond donors (Lipinski definition) is 2. The van der Waals surface area contributed by atoms with Gasteiger partial charge < -0.3 is 10.2 Å². The monoisotopic (exact) mass is 578 g/mol. The Balaban J connectivity index is 1.46. The molecule has 224 valence electrons. The second-order valence-corrected chi connectivity index (χ2v) is 17.9. The number of allylic oxidation sites excluding steroid dienone is 2. The lowest BCUT2D eigenvalue weighted by Gasteiger charge is -2.70. The Hall–Kier alpha value is -1.72. The maximum Gasteiger partial charge on any atom is 0.309 e. The van der Waals surface area contributed by atoms with Crippen molar-refractivity contribution in [3.63, 3.8) is 0 Å². The van der Waals surface area contributed by atoms with Crippen LogP contribution in [0.2, 0.25) is 0 Å². The molecule has 0 saturated heterocycles. The third-order valence-corrected chi connectivity index (χ3v) is 14.9. The van der Waals surface area contributed by atoms with Gasteiger partial charge in [-0.2, -0.15) is 0 Å². The Kier molecular flexibility index (Phi) is 6.38. The van der Waals surface area contributed by atoms with E-state index < -0.39 is 17.5 Å². The summed E-state index contributed by atoms with van der Waals surface area (Å²) in [4.78, 5) is 29.5. The minimum Gasteiger partial charge on any atom is -0.481 e. The molecule has 0 radical (unpaired) electrons. The molecule has 9 atom stereocenters. The summed E-state index contributed by atoms with van der Waals surface area (Å²) < 4.78 is 0. The van der Waals surface area contributed by atoms with Crippen molar-refractivity contribution in [1.29, 1.82) is 0 Å². The zero-order valence-corrected chi connectivity index (χ0v) is 27.2. The molecular weight excluding hydrogens is 528 g/mol. The predicted octanol–water partition coefficient (Wildman–Crippen LogP) is 8.48. The van der Waals surface area contributed by atoms with Crippen molar-refractivity contribution in [2.75, 3.05) is 0 Å². The number of aliphatic hydroxyl groups is 1. The van der Waals surface area contributed by atoms with Gasteiger partial charge in [0.15, 0.2) is 5.78 Å². The molecule has 2 N–H and O–H groups in total. The van der Waals surface area contributed by atoms with Crippen LogP contribution >= 0.6 is 11.3 Å². The van der Waals surface area contributed by atoms with Crippen LogP contribution in [0.5, 0.6) is 0 Å². The van der Waals surface area contributed by atoms with Crippen LogP contribution in [0, 0.1) is 57.2 Å². The van der Waals surface area contributed by atoms with Gasteiger partial charge in [-0.1, -0.05) is 47.1 Å². The number of carbonyl (C=O) groups excluding carboxylic acids is 1. The summed E-state index contributed by atoms with van der Waals surface area (Å²) >= 11 is 1.75. The highest BCUT2D eigenvalue weighted by Crippen LogP contribution is 2.75. The number of ketones is 1. The zero-order valence-electron chi connectivity index (χ0n) is 26.4. The van der Waals surface area contributed by atoms with Crippen LogP contribution in [0.1, 0.15) is 110 Å². The first-order chi connectivity index (χ1) is 18.9. The number of aryl methyl sites for hydroxylation is 1. The van der Waals surface area contributed by atoms with E-state index in [9.17, 15) is 19.8 Å². The van der Waals surface area contributed by atoms with E-state index in [1.54, 1.807) is 11.3 Å². The average Bonchev–Trinajstić information content (AvgIpc) is 3.29. The number of hydrogen-bond acceptors (Lipinski definition) is 4. The average molecular weight is 579 g/mol. The highest BCUT2D eigenvalue weighted by Gasteiger charge is 2.70.